The van der Waals surface area contributed by atoms with Crippen LogP contribution in [0.4, 0.5) is 0 Å². The van der Waals surface area contributed by atoms with Gasteiger partial charge < -0.3 is 15.8 Å². The van der Waals surface area contributed by atoms with E-state index in [0.29, 0.717) is 12.3 Å². The second-order valence-corrected chi connectivity index (χ2v) is 2.48. The van der Waals surface area contributed by atoms with Crippen molar-refractivity contribution < 1.29 is 4.79 Å². The van der Waals surface area contributed by atoms with E-state index in [1.165, 1.54) is 0 Å². The van der Waals surface area contributed by atoms with Crippen LogP contribution in [0.3, 0.4) is 0 Å². The van der Waals surface area contributed by atoms with E-state index < -0.39 is 0 Å². The second kappa shape index (κ2) is 2.94. The summed E-state index contributed by atoms with van der Waals surface area (Å²) in [4.78, 5) is 10.0. The van der Waals surface area contributed by atoms with Gasteiger partial charge >= 0.3 is 0 Å². The number of rotatable bonds is 2. The maximum atomic E-state index is 10.0. The molecule has 0 aromatic carbocycles. The lowest BCUT2D eigenvalue weighted by Crippen LogP contribution is -2.28. The number of nitrogens with two attached hydrogens (primary N) is 1. The molecule has 0 amide bonds. The number of nitrogens with one attached hydrogen (secondary N) is 1. The van der Waals surface area contributed by atoms with Crippen molar-refractivity contribution in [1.29, 1.82) is 0 Å². The van der Waals surface area contributed by atoms with Gasteiger partial charge in [0.1, 0.15) is 6.29 Å². The van der Waals surface area contributed by atoms with Crippen LogP contribution >= 0.6 is 0 Å². The van der Waals surface area contributed by atoms with E-state index >= 15 is 0 Å². The predicted molar refractivity (Wildman–Crippen MR) is 35.0 cm³/mol. The highest BCUT2D eigenvalue weighted by molar-refractivity contribution is 5.50. The molecule has 52 valence electrons. The fourth-order valence-corrected chi connectivity index (χ4v) is 1.14. The number of aldehydes is 1. The third-order valence-corrected chi connectivity index (χ3v) is 1.79. The third-order valence-electron chi connectivity index (χ3n) is 1.79. The lowest BCUT2D eigenvalue weighted by molar-refractivity contribution is -0.108. The zero-order chi connectivity index (χ0) is 6.69. The fourth-order valence-electron chi connectivity index (χ4n) is 1.14. The van der Waals surface area contributed by atoms with Crippen LogP contribution in [0.2, 0.25) is 0 Å². The predicted octanol–water partition coefficient (Wildman–Crippen LogP) is -0.878. The minimum Gasteiger partial charge on any atom is -0.326 e. The first-order chi connectivity index (χ1) is 4.34. The number of carbonyl (C=O) groups excluding carboxylic acids is 1. The first kappa shape index (κ1) is 6.71. The molecule has 0 aromatic heterocycles. The monoisotopic (exact) mass is 128 g/mol. The molecule has 3 heteroatoms. The normalized spacial score (nSPS) is 34.8. The van der Waals surface area contributed by atoms with Gasteiger partial charge in [-0.05, 0) is 12.5 Å². The summed E-state index contributed by atoms with van der Waals surface area (Å²) >= 11 is 0. The van der Waals surface area contributed by atoms with Gasteiger partial charge in [-0.15, -0.1) is 0 Å². The Morgan fingerprint density at radius 2 is 2.44 bits per heavy atom. The van der Waals surface area contributed by atoms with Gasteiger partial charge in [0, 0.05) is 19.0 Å². The molecular formula is C6H12N2O. The highest BCUT2D eigenvalue weighted by atomic mass is 16.1. The first-order valence-electron chi connectivity index (χ1n) is 3.24. The lowest BCUT2D eigenvalue weighted by Gasteiger charge is -2.08. The van der Waals surface area contributed by atoms with Gasteiger partial charge in [-0.25, -0.2) is 0 Å². The molecule has 0 radical (unpaired) electrons. The molecule has 3 nitrogen and oxygen atoms in total. The van der Waals surface area contributed by atoms with E-state index in [-0.39, 0.29) is 6.04 Å². The molecule has 1 rings (SSSR count). The fraction of sp³-hybridized carbons (Fsp3) is 0.833. The highest BCUT2D eigenvalue weighted by Crippen LogP contribution is 2.08. The van der Waals surface area contributed by atoms with Crippen LogP contribution in [0.15, 0.2) is 0 Å². The Morgan fingerprint density at radius 3 is 2.89 bits per heavy atom. The van der Waals surface area contributed by atoms with E-state index in [0.717, 1.165) is 19.4 Å². The Morgan fingerprint density at radius 1 is 1.67 bits per heavy atom. The van der Waals surface area contributed by atoms with Crippen molar-refractivity contribution in [2.45, 2.75) is 12.5 Å². The van der Waals surface area contributed by atoms with Crippen LogP contribution in [0.1, 0.15) is 6.42 Å². The molecule has 3 N–H and O–H groups in total. The van der Waals surface area contributed by atoms with Crippen molar-refractivity contribution in [3.63, 3.8) is 0 Å². The molecule has 9 heavy (non-hydrogen) atoms. The van der Waals surface area contributed by atoms with Gasteiger partial charge in [0.25, 0.3) is 0 Å². The van der Waals surface area contributed by atoms with Crippen molar-refractivity contribution in [2.75, 3.05) is 13.1 Å². The summed E-state index contributed by atoms with van der Waals surface area (Å²) in [6.07, 6.45) is 1.55. The molecule has 2 atom stereocenters. The standard InChI is InChI=1S/C6H12N2O/c7-6-4-8-3-5(6)1-2-9/h2,5-6,8H,1,3-4,7H2. The van der Waals surface area contributed by atoms with Crippen LogP contribution in [0.25, 0.3) is 0 Å². The van der Waals surface area contributed by atoms with Gasteiger partial charge in [0.05, 0.1) is 0 Å². The zero-order valence-corrected chi connectivity index (χ0v) is 5.34. The average molecular weight is 128 g/mol. The maximum Gasteiger partial charge on any atom is 0.120 e. The number of hydrogen-bond acceptors (Lipinski definition) is 3. The quantitative estimate of drug-likeness (QED) is 0.475. The van der Waals surface area contributed by atoms with E-state index in [1.807, 2.05) is 0 Å². The van der Waals surface area contributed by atoms with Gasteiger partial charge in [-0.2, -0.15) is 0 Å². The lowest BCUT2D eigenvalue weighted by atomic mass is 10.0. The van der Waals surface area contributed by atoms with Crippen LogP contribution in [-0.4, -0.2) is 25.4 Å². The highest BCUT2D eigenvalue weighted by Gasteiger charge is 2.22. The Labute approximate surface area is 54.6 Å². The average Bonchev–Trinajstić information content (AvgIpc) is 2.18. The summed E-state index contributed by atoms with van der Waals surface area (Å²) < 4.78 is 0. The molecule has 0 aliphatic carbocycles. The van der Waals surface area contributed by atoms with E-state index in [9.17, 15) is 4.79 Å². The Balaban J connectivity index is 2.30. The van der Waals surface area contributed by atoms with Gasteiger partial charge in [0.15, 0.2) is 0 Å². The first-order valence-corrected chi connectivity index (χ1v) is 3.24. The third kappa shape index (κ3) is 1.50. The Bertz CT molecular complexity index is 105. The van der Waals surface area contributed by atoms with Crippen LogP contribution in [-0.2, 0) is 4.79 Å². The minimum absolute atomic E-state index is 0.190. The zero-order valence-electron chi connectivity index (χ0n) is 5.34. The Kier molecular flexibility index (Phi) is 2.19. The van der Waals surface area contributed by atoms with Crippen molar-refractivity contribution >= 4 is 6.29 Å². The summed E-state index contributed by atoms with van der Waals surface area (Å²) in [6, 6.07) is 0.190. The van der Waals surface area contributed by atoms with Crippen LogP contribution in [0.5, 0.6) is 0 Å². The van der Waals surface area contributed by atoms with Crippen molar-refractivity contribution in [3.8, 4) is 0 Å². The second-order valence-electron chi connectivity index (χ2n) is 2.48. The van der Waals surface area contributed by atoms with Gasteiger partial charge in [0.2, 0.25) is 0 Å². The molecule has 0 aromatic rings. The summed E-state index contributed by atoms with van der Waals surface area (Å²) in [5, 5.41) is 3.12. The van der Waals surface area contributed by atoms with Crippen LogP contribution < -0.4 is 11.1 Å². The maximum absolute atomic E-state index is 10.0. The Hall–Kier alpha value is -0.410. The molecule has 0 saturated carbocycles. The van der Waals surface area contributed by atoms with Crippen molar-refractivity contribution in [3.05, 3.63) is 0 Å². The summed E-state index contributed by atoms with van der Waals surface area (Å²) in [5.74, 6) is 0.377. The van der Waals surface area contributed by atoms with Gasteiger partial charge in [-0.3, -0.25) is 0 Å². The minimum atomic E-state index is 0.190. The smallest absolute Gasteiger partial charge is 0.120 e. The molecule has 1 aliphatic rings. The summed E-state index contributed by atoms with van der Waals surface area (Å²) in [6.45, 7) is 1.76. The van der Waals surface area contributed by atoms with E-state index in [2.05, 4.69) is 5.32 Å². The largest absolute Gasteiger partial charge is 0.326 e. The summed E-state index contributed by atoms with van der Waals surface area (Å²) in [5.41, 5.74) is 5.64. The van der Waals surface area contributed by atoms with Crippen LogP contribution in [0, 0.1) is 5.92 Å². The van der Waals surface area contributed by atoms with Crippen molar-refractivity contribution in [2.24, 2.45) is 11.7 Å². The molecule has 1 heterocycles. The molecule has 1 fully saturated rings. The van der Waals surface area contributed by atoms with Crippen molar-refractivity contribution in [1.82, 2.24) is 5.32 Å². The molecule has 0 spiro atoms. The van der Waals surface area contributed by atoms with E-state index in [4.69, 9.17) is 5.73 Å². The molecule has 2 unspecified atom stereocenters. The molecule has 1 saturated heterocycles. The number of carbonyl (C=O) groups is 1. The number of hydrogen-bond donors (Lipinski definition) is 2. The molecule has 0 bridgehead atoms. The summed E-state index contributed by atoms with van der Waals surface area (Å²) in [7, 11) is 0. The molecule has 1 aliphatic heterocycles. The van der Waals surface area contributed by atoms with E-state index in [1.54, 1.807) is 0 Å². The molecular weight excluding hydrogens is 116 g/mol. The SMILES string of the molecule is NC1CNCC1CC=O. The topological polar surface area (TPSA) is 55.1 Å². The van der Waals surface area contributed by atoms with Gasteiger partial charge in [-0.1, -0.05) is 0 Å².